The predicted molar refractivity (Wildman–Crippen MR) is 52.6 cm³/mol. The molecule has 1 heteroatoms. The zero-order valence-electron chi connectivity index (χ0n) is 8.25. The van der Waals surface area contributed by atoms with Gasteiger partial charge >= 0.3 is 0 Å². The highest BCUT2D eigenvalue weighted by molar-refractivity contribution is 5.36. The first-order valence-electron chi connectivity index (χ1n) is 5.15. The fraction of sp³-hybridized carbons (Fsp3) is 0.583. The number of pyridine rings is 1. The molecule has 13 heavy (non-hydrogen) atoms. The van der Waals surface area contributed by atoms with Crippen LogP contribution >= 0.6 is 0 Å². The van der Waals surface area contributed by atoms with Crippen LogP contribution in [0.3, 0.4) is 0 Å². The Bertz CT molecular complexity index is 354. The third-order valence-corrected chi connectivity index (χ3v) is 4.00. The number of rotatable bonds is 0. The molecule has 1 heterocycles. The SMILES string of the molecule is CC1(C)[C@@H]2CCc3cccnc3[C@@H]21. The van der Waals surface area contributed by atoms with Crippen molar-refractivity contribution in [2.75, 3.05) is 0 Å². The maximum Gasteiger partial charge on any atom is 0.0474 e. The molecule has 68 valence electrons. The summed E-state index contributed by atoms with van der Waals surface area (Å²) in [6.45, 7) is 4.76. The molecular weight excluding hydrogens is 158 g/mol. The second-order valence-electron chi connectivity index (χ2n) is 4.99. The van der Waals surface area contributed by atoms with Crippen LogP contribution in [-0.4, -0.2) is 4.98 Å². The molecule has 1 aromatic heterocycles. The van der Waals surface area contributed by atoms with E-state index in [9.17, 15) is 0 Å². The van der Waals surface area contributed by atoms with Crippen LogP contribution in [0.25, 0.3) is 0 Å². The summed E-state index contributed by atoms with van der Waals surface area (Å²) in [6.07, 6.45) is 4.56. The van der Waals surface area contributed by atoms with E-state index in [-0.39, 0.29) is 0 Å². The Morgan fingerprint density at radius 2 is 2.31 bits per heavy atom. The molecule has 0 amide bonds. The van der Waals surface area contributed by atoms with Gasteiger partial charge in [-0.15, -0.1) is 0 Å². The Morgan fingerprint density at radius 1 is 1.46 bits per heavy atom. The maximum atomic E-state index is 4.54. The van der Waals surface area contributed by atoms with Gasteiger partial charge in [-0.05, 0) is 35.8 Å². The summed E-state index contributed by atoms with van der Waals surface area (Å²) in [5.41, 5.74) is 3.41. The Balaban J connectivity index is 2.10. The van der Waals surface area contributed by atoms with Crippen LogP contribution in [-0.2, 0) is 6.42 Å². The van der Waals surface area contributed by atoms with E-state index in [4.69, 9.17) is 0 Å². The molecule has 0 radical (unpaired) electrons. The largest absolute Gasteiger partial charge is 0.261 e. The van der Waals surface area contributed by atoms with E-state index in [2.05, 4.69) is 31.0 Å². The summed E-state index contributed by atoms with van der Waals surface area (Å²) >= 11 is 0. The second-order valence-corrected chi connectivity index (χ2v) is 4.99. The Hall–Kier alpha value is -0.850. The van der Waals surface area contributed by atoms with Crippen molar-refractivity contribution in [1.82, 2.24) is 4.98 Å². The maximum absolute atomic E-state index is 4.54. The zero-order chi connectivity index (χ0) is 9.05. The van der Waals surface area contributed by atoms with E-state index in [1.165, 1.54) is 24.1 Å². The molecule has 0 unspecified atom stereocenters. The summed E-state index contributed by atoms with van der Waals surface area (Å²) in [6, 6.07) is 4.31. The molecule has 2 aliphatic carbocycles. The van der Waals surface area contributed by atoms with Gasteiger partial charge in [0.1, 0.15) is 0 Å². The molecule has 2 atom stereocenters. The smallest absolute Gasteiger partial charge is 0.0474 e. The molecule has 1 saturated carbocycles. The number of aryl methyl sites for hydroxylation is 1. The van der Waals surface area contributed by atoms with Gasteiger partial charge in [-0.1, -0.05) is 19.9 Å². The molecule has 0 spiro atoms. The minimum Gasteiger partial charge on any atom is -0.261 e. The summed E-state index contributed by atoms with van der Waals surface area (Å²) in [5, 5.41) is 0. The van der Waals surface area contributed by atoms with Gasteiger partial charge in [-0.3, -0.25) is 4.98 Å². The first-order chi connectivity index (χ1) is 6.21. The molecule has 1 aromatic rings. The number of hydrogen-bond acceptors (Lipinski definition) is 1. The van der Waals surface area contributed by atoms with Crippen molar-refractivity contribution in [2.45, 2.75) is 32.6 Å². The third-order valence-electron chi connectivity index (χ3n) is 4.00. The average Bonchev–Trinajstić information content (AvgIpc) is 2.70. The van der Waals surface area contributed by atoms with E-state index in [0.29, 0.717) is 5.41 Å². The van der Waals surface area contributed by atoms with Gasteiger partial charge in [0, 0.05) is 17.8 Å². The molecule has 0 aliphatic heterocycles. The Labute approximate surface area is 79.2 Å². The van der Waals surface area contributed by atoms with E-state index >= 15 is 0 Å². The van der Waals surface area contributed by atoms with Crippen LogP contribution in [0.4, 0.5) is 0 Å². The van der Waals surface area contributed by atoms with Gasteiger partial charge in [0.05, 0.1) is 0 Å². The number of aromatic nitrogens is 1. The monoisotopic (exact) mass is 173 g/mol. The highest BCUT2D eigenvalue weighted by atomic mass is 14.8. The quantitative estimate of drug-likeness (QED) is 0.588. The summed E-state index contributed by atoms with van der Waals surface area (Å²) < 4.78 is 0. The van der Waals surface area contributed by atoms with Crippen molar-refractivity contribution < 1.29 is 0 Å². The van der Waals surface area contributed by atoms with Crippen molar-refractivity contribution in [2.24, 2.45) is 11.3 Å². The first kappa shape index (κ1) is 7.54. The minimum atomic E-state index is 0.527. The van der Waals surface area contributed by atoms with Crippen LogP contribution in [0.15, 0.2) is 18.3 Å². The van der Waals surface area contributed by atoms with Crippen LogP contribution in [0.5, 0.6) is 0 Å². The molecule has 0 N–H and O–H groups in total. The molecule has 2 aliphatic rings. The molecule has 0 aromatic carbocycles. The first-order valence-corrected chi connectivity index (χ1v) is 5.15. The highest BCUT2D eigenvalue weighted by Gasteiger charge is 2.60. The molecule has 1 fully saturated rings. The predicted octanol–water partition coefficient (Wildman–Crippen LogP) is 2.77. The lowest BCUT2D eigenvalue weighted by Crippen LogP contribution is -2.02. The van der Waals surface area contributed by atoms with Crippen LogP contribution in [0.1, 0.15) is 37.4 Å². The fourth-order valence-corrected chi connectivity index (χ4v) is 3.08. The molecule has 3 rings (SSSR count). The van der Waals surface area contributed by atoms with Gasteiger partial charge in [0.2, 0.25) is 0 Å². The topological polar surface area (TPSA) is 12.9 Å². The molecule has 1 nitrogen and oxygen atoms in total. The molecular formula is C12H15N. The Morgan fingerprint density at radius 3 is 3.15 bits per heavy atom. The second kappa shape index (κ2) is 2.14. The van der Waals surface area contributed by atoms with E-state index in [1.807, 2.05) is 6.20 Å². The summed E-state index contributed by atoms with van der Waals surface area (Å²) in [4.78, 5) is 4.54. The van der Waals surface area contributed by atoms with Crippen molar-refractivity contribution in [3.63, 3.8) is 0 Å². The normalized spacial score (nSPS) is 33.4. The van der Waals surface area contributed by atoms with Crippen molar-refractivity contribution >= 4 is 0 Å². The van der Waals surface area contributed by atoms with Crippen LogP contribution < -0.4 is 0 Å². The number of fused-ring (bicyclic) bond motifs is 3. The van der Waals surface area contributed by atoms with E-state index in [1.54, 1.807) is 0 Å². The van der Waals surface area contributed by atoms with Crippen LogP contribution in [0, 0.1) is 11.3 Å². The zero-order valence-corrected chi connectivity index (χ0v) is 8.25. The fourth-order valence-electron chi connectivity index (χ4n) is 3.08. The highest BCUT2D eigenvalue weighted by Crippen LogP contribution is 2.68. The van der Waals surface area contributed by atoms with Gasteiger partial charge in [-0.2, -0.15) is 0 Å². The summed E-state index contributed by atoms with van der Waals surface area (Å²) in [7, 11) is 0. The lowest BCUT2D eigenvalue weighted by Gasteiger charge is -2.12. The van der Waals surface area contributed by atoms with Crippen molar-refractivity contribution in [3.05, 3.63) is 29.6 Å². The van der Waals surface area contributed by atoms with E-state index < -0.39 is 0 Å². The number of hydrogen-bond donors (Lipinski definition) is 0. The van der Waals surface area contributed by atoms with Crippen molar-refractivity contribution in [1.29, 1.82) is 0 Å². The van der Waals surface area contributed by atoms with Gasteiger partial charge < -0.3 is 0 Å². The third kappa shape index (κ3) is 0.849. The average molecular weight is 173 g/mol. The lowest BCUT2D eigenvalue weighted by molar-refractivity contribution is 0.535. The van der Waals surface area contributed by atoms with Gasteiger partial charge in [-0.25, -0.2) is 0 Å². The summed E-state index contributed by atoms with van der Waals surface area (Å²) in [5.74, 6) is 1.67. The van der Waals surface area contributed by atoms with Gasteiger partial charge in [0.15, 0.2) is 0 Å². The molecule has 0 saturated heterocycles. The van der Waals surface area contributed by atoms with E-state index in [0.717, 1.165) is 11.8 Å². The van der Waals surface area contributed by atoms with Gasteiger partial charge in [0.25, 0.3) is 0 Å². The van der Waals surface area contributed by atoms with Crippen molar-refractivity contribution in [3.8, 4) is 0 Å². The number of nitrogens with zero attached hydrogens (tertiary/aromatic N) is 1. The standard InChI is InChI=1S/C12H15N/c1-12(2)9-6-5-8-4-3-7-13-11(8)10(9)12/h3-4,7,9-10H,5-6H2,1-2H3/t9-,10-/m1/s1. The molecule has 0 bridgehead atoms. The lowest BCUT2D eigenvalue weighted by atomic mass is 9.96. The van der Waals surface area contributed by atoms with Crippen LogP contribution in [0.2, 0.25) is 0 Å². The Kier molecular flexibility index (Phi) is 1.24. The minimum absolute atomic E-state index is 0.527.